The van der Waals surface area contributed by atoms with E-state index < -0.39 is 0 Å². The average molecular weight is 254 g/mol. The van der Waals surface area contributed by atoms with E-state index in [0.717, 1.165) is 12.5 Å². The fourth-order valence-corrected chi connectivity index (χ4v) is 3.42. The van der Waals surface area contributed by atoms with Crippen LogP contribution in [0, 0.1) is 0 Å². The van der Waals surface area contributed by atoms with Crippen LogP contribution in [0.1, 0.15) is 51.4 Å². The number of rotatable bonds is 6. The lowest BCUT2D eigenvalue weighted by atomic mass is 10.00. The van der Waals surface area contributed by atoms with Crippen molar-refractivity contribution in [1.82, 2.24) is 9.80 Å². The Bertz CT molecular complexity index is 209. The second-order valence-electron chi connectivity index (χ2n) is 5.95. The molecule has 0 amide bonds. The lowest BCUT2D eigenvalue weighted by Gasteiger charge is -2.40. The highest BCUT2D eigenvalue weighted by molar-refractivity contribution is 4.81. The van der Waals surface area contributed by atoms with Gasteiger partial charge in [-0.05, 0) is 77.7 Å². The Balaban J connectivity index is 1.58. The third-order valence-electron chi connectivity index (χ3n) is 4.60. The molecule has 18 heavy (non-hydrogen) atoms. The average Bonchev–Trinajstić information content (AvgIpc) is 2.45. The first-order chi connectivity index (χ1) is 8.90. The van der Waals surface area contributed by atoms with Gasteiger partial charge in [-0.3, -0.25) is 0 Å². The Hall–Kier alpha value is -0.120. The summed E-state index contributed by atoms with van der Waals surface area (Å²) in [6.45, 7) is 6.88. The minimum absolute atomic E-state index is 0.358. The molecule has 1 N–H and O–H groups in total. The number of unbranched alkanes of at least 4 members (excludes halogenated alkanes) is 2. The summed E-state index contributed by atoms with van der Waals surface area (Å²) in [6.07, 6.45) is 10.4. The van der Waals surface area contributed by atoms with Crippen LogP contribution in [0.3, 0.4) is 0 Å². The van der Waals surface area contributed by atoms with E-state index in [-0.39, 0.29) is 0 Å². The Labute approximate surface area is 112 Å². The molecule has 2 fully saturated rings. The highest BCUT2D eigenvalue weighted by Gasteiger charge is 2.24. The second kappa shape index (κ2) is 8.13. The van der Waals surface area contributed by atoms with Gasteiger partial charge in [-0.2, -0.15) is 0 Å². The standard InChI is InChI=1S/C15H30N2O/c18-14-6-2-3-9-16-12-7-15(8-13-16)17-10-4-1-5-11-17/h15,18H,1-14H2. The zero-order chi connectivity index (χ0) is 12.6. The number of likely N-dealkylation sites (tertiary alicyclic amines) is 2. The van der Waals surface area contributed by atoms with Crippen LogP contribution in [0.4, 0.5) is 0 Å². The van der Waals surface area contributed by atoms with Crippen LogP contribution < -0.4 is 0 Å². The molecule has 0 radical (unpaired) electrons. The molecule has 0 unspecified atom stereocenters. The van der Waals surface area contributed by atoms with Crippen LogP contribution >= 0.6 is 0 Å². The molecule has 0 bridgehead atoms. The zero-order valence-electron chi connectivity index (χ0n) is 11.8. The van der Waals surface area contributed by atoms with Crippen LogP contribution in [-0.4, -0.2) is 60.3 Å². The van der Waals surface area contributed by atoms with Crippen LogP contribution in [0.5, 0.6) is 0 Å². The molecule has 106 valence electrons. The topological polar surface area (TPSA) is 26.7 Å². The van der Waals surface area contributed by atoms with Gasteiger partial charge in [0.1, 0.15) is 0 Å². The number of hydrogen-bond acceptors (Lipinski definition) is 3. The minimum Gasteiger partial charge on any atom is -0.396 e. The molecule has 3 heteroatoms. The van der Waals surface area contributed by atoms with Crippen molar-refractivity contribution in [2.75, 3.05) is 39.3 Å². The molecule has 2 rings (SSSR count). The van der Waals surface area contributed by atoms with Crippen molar-refractivity contribution in [3.05, 3.63) is 0 Å². The smallest absolute Gasteiger partial charge is 0.0431 e. The summed E-state index contributed by atoms with van der Waals surface area (Å²) >= 11 is 0. The largest absolute Gasteiger partial charge is 0.396 e. The van der Waals surface area contributed by atoms with Gasteiger partial charge < -0.3 is 14.9 Å². The summed E-state index contributed by atoms with van der Waals surface area (Å²) < 4.78 is 0. The predicted molar refractivity (Wildman–Crippen MR) is 75.8 cm³/mol. The fourth-order valence-electron chi connectivity index (χ4n) is 3.42. The summed E-state index contributed by atoms with van der Waals surface area (Å²) in [4.78, 5) is 5.37. The molecule has 2 heterocycles. The molecule has 2 aliphatic heterocycles. The molecule has 2 saturated heterocycles. The molecule has 0 spiro atoms. The lowest BCUT2D eigenvalue weighted by Crippen LogP contribution is -2.46. The van der Waals surface area contributed by atoms with Crippen molar-refractivity contribution in [3.63, 3.8) is 0 Å². The van der Waals surface area contributed by atoms with Gasteiger partial charge in [-0.15, -0.1) is 0 Å². The Kier molecular flexibility index (Phi) is 6.46. The molecule has 3 nitrogen and oxygen atoms in total. The van der Waals surface area contributed by atoms with Crippen LogP contribution in [0.2, 0.25) is 0 Å². The van der Waals surface area contributed by atoms with Crippen molar-refractivity contribution in [2.24, 2.45) is 0 Å². The first kappa shape index (κ1) is 14.3. The molecule has 0 saturated carbocycles. The highest BCUT2D eigenvalue weighted by Crippen LogP contribution is 2.20. The van der Waals surface area contributed by atoms with Crippen LogP contribution in [0.25, 0.3) is 0 Å². The predicted octanol–water partition coefficient (Wildman–Crippen LogP) is 2.10. The summed E-state index contributed by atoms with van der Waals surface area (Å²) in [7, 11) is 0. The SMILES string of the molecule is OCCCCCN1CCC(N2CCCCC2)CC1. The normalized spacial score (nSPS) is 24.5. The van der Waals surface area contributed by atoms with Crippen LogP contribution in [0.15, 0.2) is 0 Å². The van der Waals surface area contributed by atoms with Gasteiger partial charge in [0.25, 0.3) is 0 Å². The van der Waals surface area contributed by atoms with Gasteiger partial charge in [0, 0.05) is 12.6 Å². The van der Waals surface area contributed by atoms with E-state index in [4.69, 9.17) is 5.11 Å². The first-order valence-electron chi connectivity index (χ1n) is 7.97. The van der Waals surface area contributed by atoms with Crippen molar-refractivity contribution < 1.29 is 5.11 Å². The van der Waals surface area contributed by atoms with Gasteiger partial charge >= 0.3 is 0 Å². The highest BCUT2D eigenvalue weighted by atomic mass is 16.2. The third kappa shape index (κ3) is 4.52. The molecule has 0 aromatic heterocycles. The van der Waals surface area contributed by atoms with Gasteiger partial charge in [-0.1, -0.05) is 6.42 Å². The van der Waals surface area contributed by atoms with E-state index in [1.165, 1.54) is 77.7 Å². The Morgan fingerprint density at radius 3 is 2.22 bits per heavy atom. The van der Waals surface area contributed by atoms with Crippen molar-refractivity contribution in [2.45, 2.75) is 57.4 Å². The van der Waals surface area contributed by atoms with Crippen molar-refractivity contribution in [1.29, 1.82) is 0 Å². The van der Waals surface area contributed by atoms with E-state index in [1.54, 1.807) is 0 Å². The minimum atomic E-state index is 0.358. The van der Waals surface area contributed by atoms with Gasteiger partial charge in [0.15, 0.2) is 0 Å². The molecule has 0 aromatic rings. The second-order valence-corrected chi connectivity index (χ2v) is 5.95. The lowest BCUT2D eigenvalue weighted by molar-refractivity contribution is 0.0916. The van der Waals surface area contributed by atoms with E-state index in [9.17, 15) is 0 Å². The maximum absolute atomic E-state index is 8.76. The van der Waals surface area contributed by atoms with E-state index in [2.05, 4.69) is 9.80 Å². The van der Waals surface area contributed by atoms with Gasteiger partial charge in [0.05, 0.1) is 0 Å². The fraction of sp³-hybridized carbons (Fsp3) is 1.00. The Morgan fingerprint density at radius 2 is 1.56 bits per heavy atom. The van der Waals surface area contributed by atoms with E-state index in [0.29, 0.717) is 6.61 Å². The summed E-state index contributed by atoms with van der Waals surface area (Å²) in [5, 5.41) is 8.76. The number of aliphatic hydroxyl groups is 1. The number of piperidine rings is 2. The zero-order valence-corrected chi connectivity index (χ0v) is 11.8. The maximum atomic E-state index is 8.76. The Morgan fingerprint density at radius 1 is 0.833 bits per heavy atom. The number of hydrogen-bond donors (Lipinski definition) is 1. The maximum Gasteiger partial charge on any atom is 0.0431 e. The molecule has 2 aliphatic rings. The summed E-state index contributed by atoms with van der Waals surface area (Å²) in [6, 6.07) is 0.874. The molecule has 0 aromatic carbocycles. The van der Waals surface area contributed by atoms with Crippen LogP contribution in [-0.2, 0) is 0 Å². The number of aliphatic hydroxyl groups excluding tert-OH is 1. The molecule has 0 atom stereocenters. The summed E-state index contributed by atoms with van der Waals surface area (Å²) in [5.41, 5.74) is 0. The van der Waals surface area contributed by atoms with E-state index in [1.807, 2.05) is 0 Å². The quantitative estimate of drug-likeness (QED) is 0.735. The molecular formula is C15H30N2O. The van der Waals surface area contributed by atoms with Crippen molar-refractivity contribution >= 4 is 0 Å². The molecule has 0 aliphatic carbocycles. The molecular weight excluding hydrogens is 224 g/mol. The monoisotopic (exact) mass is 254 g/mol. The van der Waals surface area contributed by atoms with E-state index >= 15 is 0 Å². The third-order valence-corrected chi connectivity index (χ3v) is 4.60. The van der Waals surface area contributed by atoms with Gasteiger partial charge in [-0.25, -0.2) is 0 Å². The first-order valence-corrected chi connectivity index (χ1v) is 7.97. The summed E-state index contributed by atoms with van der Waals surface area (Å²) in [5.74, 6) is 0. The van der Waals surface area contributed by atoms with Gasteiger partial charge in [0.2, 0.25) is 0 Å². The van der Waals surface area contributed by atoms with Crippen molar-refractivity contribution in [3.8, 4) is 0 Å². The number of nitrogens with zero attached hydrogens (tertiary/aromatic N) is 2.